The maximum atomic E-state index is 5.57. The van der Waals surface area contributed by atoms with E-state index in [9.17, 15) is 0 Å². The molecule has 1 aliphatic rings. The van der Waals surface area contributed by atoms with Crippen LogP contribution in [0.1, 0.15) is 35.3 Å². The van der Waals surface area contributed by atoms with Gasteiger partial charge in [0.25, 0.3) is 0 Å². The Morgan fingerprint density at radius 1 is 1.20 bits per heavy atom. The smallest absolute Gasteiger partial charge is 0.230 e. The van der Waals surface area contributed by atoms with Crippen LogP contribution < -0.4 is 0 Å². The van der Waals surface area contributed by atoms with Crippen LogP contribution in [0.4, 0.5) is 0 Å². The summed E-state index contributed by atoms with van der Waals surface area (Å²) in [5.74, 6) is 1.44. The van der Waals surface area contributed by atoms with Gasteiger partial charge in [-0.1, -0.05) is 5.16 Å². The van der Waals surface area contributed by atoms with Crippen LogP contribution in [0.25, 0.3) is 17.0 Å². The van der Waals surface area contributed by atoms with E-state index in [1.807, 2.05) is 32.4 Å². The standard InChI is InChI=1S/C17H17N7O/c1-10-5-11(2)24-16(20-10)14(8-19-24)15-21-17(25-22-15)12-3-4-23-9-18-7-13(23)6-12/h5,7-9,12H,3-4,6H2,1-2H3/t12-/m1/s1. The number of hydrogen-bond acceptors (Lipinski definition) is 6. The van der Waals surface area contributed by atoms with Crippen LogP contribution >= 0.6 is 0 Å². The molecule has 0 unspecified atom stereocenters. The Hall–Kier alpha value is -3.03. The van der Waals surface area contributed by atoms with Crippen LogP contribution in [0, 0.1) is 13.8 Å². The van der Waals surface area contributed by atoms with Gasteiger partial charge in [0.15, 0.2) is 5.65 Å². The van der Waals surface area contributed by atoms with E-state index in [1.54, 1.807) is 10.7 Å². The zero-order chi connectivity index (χ0) is 17.0. The van der Waals surface area contributed by atoms with Crippen molar-refractivity contribution in [3.63, 3.8) is 0 Å². The average molecular weight is 335 g/mol. The average Bonchev–Trinajstić information content (AvgIpc) is 3.32. The molecule has 0 aromatic carbocycles. The molecule has 8 heteroatoms. The number of fused-ring (bicyclic) bond motifs is 2. The second kappa shape index (κ2) is 5.23. The highest BCUT2D eigenvalue weighted by atomic mass is 16.5. The number of aromatic nitrogens is 7. The fourth-order valence-corrected chi connectivity index (χ4v) is 3.52. The minimum absolute atomic E-state index is 0.226. The van der Waals surface area contributed by atoms with Gasteiger partial charge in [-0.25, -0.2) is 14.5 Å². The second-order valence-corrected chi connectivity index (χ2v) is 6.56. The molecule has 126 valence electrons. The third-order valence-corrected chi connectivity index (χ3v) is 4.78. The first-order valence-corrected chi connectivity index (χ1v) is 8.34. The SMILES string of the molecule is Cc1cc(C)n2ncc(-c3noc([C@@H]4CCn5cncc5C4)n3)c2n1. The summed E-state index contributed by atoms with van der Waals surface area (Å²) in [4.78, 5) is 13.4. The van der Waals surface area contributed by atoms with Crippen LogP contribution in [0.3, 0.4) is 0 Å². The molecule has 8 nitrogen and oxygen atoms in total. The third-order valence-electron chi connectivity index (χ3n) is 4.78. The lowest BCUT2D eigenvalue weighted by atomic mass is 9.96. The highest BCUT2D eigenvalue weighted by molar-refractivity contribution is 5.72. The number of nitrogens with zero attached hydrogens (tertiary/aromatic N) is 7. The first kappa shape index (κ1) is 14.3. The molecule has 0 aliphatic carbocycles. The van der Waals surface area contributed by atoms with E-state index in [2.05, 4.69) is 29.8 Å². The Balaban J connectivity index is 1.51. The molecule has 25 heavy (non-hydrogen) atoms. The molecule has 1 aliphatic heterocycles. The van der Waals surface area contributed by atoms with Gasteiger partial charge in [-0.15, -0.1) is 0 Å². The summed E-state index contributed by atoms with van der Waals surface area (Å²) in [6.45, 7) is 4.90. The number of imidazole rings is 1. The molecule has 5 rings (SSSR count). The van der Waals surface area contributed by atoms with Crippen molar-refractivity contribution in [2.45, 2.75) is 39.2 Å². The number of rotatable bonds is 2. The highest BCUT2D eigenvalue weighted by Crippen LogP contribution is 2.30. The van der Waals surface area contributed by atoms with Crippen LogP contribution in [0.5, 0.6) is 0 Å². The summed E-state index contributed by atoms with van der Waals surface area (Å²) >= 11 is 0. The van der Waals surface area contributed by atoms with Gasteiger partial charge in [-0.2, -0.15) is 10.1 Å². The largest absolute Gasteiger partial charge is 0.339 e. The van der Waals surface area contributed by atoms with Gasteiger partial charge in [-0.3, -0.25) is 0 Å². The summed E-state index contributed by atoms with van der Waals surface area (Å²) in [6, 6.07) is 2.00. The molecule has 1 atom stereocenters. The number of aryl methyl sites for hydroxylation is 3. The van der Waals surface area contributed by atoms with Crippen molar-refractivity contribution in [1.82, 2.24) is 34.3 Å². The lowest BCUT2D eigenvalue weighted by molar-refractivity contribution is 0.325. The fourth-order valence-electron chi connectivity index (χ4n) is 3.52. The molecule has 4 aromatic heterocycles. The lowest BCUT2D eigenvalue weighted by Crippen LogP contribution is -2.17. The van der Waals surface area contributed by atoms with E-state index in [4.69, 9.17) is 4.52 Å². The van der Waals surface area contributed by atoms with Gasteiger partial charge in [-0.05, 0) is 26.3 Å². The van der Waals surface area contributed by atoms with E-state index in [-0.39, 0.29) is 5.92 Å². The third kappa shape index (κ3) is 2.25. The van der Waals surface area contributed by atoms with Crippen molar-refractivity contribution in [2.75, 3.05) is 0 Å². The van der Waals surface area contributed by atoms with Crippen LogP contribution in [0.15, 0.2) is 29.3 Å². The van der Waals surface area contributed by atoms with Crippen molar-refractivity contribution >= 4 is 5.65 Å². The number of hydrogen-bond donors (Lipinski definition) is 0. The van der Waals surface area contributed by atoms with Gasteiger partial charge in [0.1, 0.15) is 0 Å². The quantitative estimate of drug-likeness (QED) is 0.559. The fraction of sp³-hybridized carbons (Fsp3) is 0.353. The summed E-state index contributed by atoms with van der Waals surface area (Å²) in [5, 5.41) is 8.59. The Labute approximate surface area is 143 Å². The summed E-state index contributed by atoms with van der Waals surface area (Å²) < 4.78 is 9.55. The zero-order valence-electron chi connectivity index (χ0n) is 14.0. The molecule has 0 spiro atoms. The van der Waals surface area contributed by atoms with Gasteiger partial charge >= 0.3 is 0 Å². The Bertz CT molecular complexity index is 1070. The van der Waals surface area contributed by atoms with E-state index in [1.165, 1.54) is 5.69 Å². The molecule has 0 amide bonds. The van der Waals surface area contributed by atoms with E-state index < -0.39 is 0 Å². The Morgan fingerprint density at radius 2 is 2.12 bits per heavy atom. The van der Waals surface area contributed by atoms with Gasteiger partial charge in [0.2, 0.25) is 11.7 Å². The summed E-state index contributed by atoms with van der Waals surface area (Å²) in [6.07, 6.45) is 7.37. The van der Waals surface area contributed by atoms with Crippen molar-refractivity contribution in [3.05, 3.63) is 47.8 Å². The monoisotopic (exact) mass is 335 g/mol. The minimum atomic E-state index is 0.226. The van der Waals surface area contributed by atoms with Crippen LogP contribution in [-0.2, 0) is 13.0 Å². The highest BCUT2D eigenvalue weighted by Gasteiger charge is 2.26. The lowest BCUT2D eigenvalue weighted by Gasteiger charge is -2.20. The zero-order valence-corrected chi connectivity index (χ0v) is 14.0. The van der Waals surface area contributed by atoms with E-state index in [0.717, 1.165) is 42.0 Å². The molecule has 0 bridgehead atoms. The predicted octanol–water partition coefficient (Wildman–Crippen LogP) is 2.32. The summed E-state index contributed by atoms with van der Waals surface area (Å²) in [7, 11) is 0. The topological polar surface area (TPSA) is 86.9 Å². The minimum Gasteiger partial charge on any atom is -0.339 e. The Kier molecular flexibility index (Phi) is 3.00. The molecule has 0 saturated heterocycles. The maximum Gasteiger partial charge on any atom is 0.230 e. The summed E-state index contributed by atoms with van der Waals surface area (Å²) in [5.41, 5.74) is 4.73. The van der Waals surface area contributed by atoms with E-state index in [0.29, 0.717) is 11.7 Å². The maximum absolute atomic E-state index is 5.57. The first-order valence-electron chi connectivity index (χ1n) is 8.34. The molecule has 0 saturated carbocycles. The normalized spacial score (nSPS) is 17.1. The van der Waals surface area contributed by atoms with Crippen molar-refractivity contribution in [2.24, 2.45) is 0 Å². The van der Waals surface area contributed by atoms with Crippen molar-refractivity contribution in [1.29, 1.82) is 0 Å². The van der Waals surface area contributed by atoms with E-state index >= 15 is 0 Å². The first-order chi connectivity index (χ1) is 12.2. The van der Waals surface area contributed by atoms with Crippen molar-refractivity contribution < 1.29 is 4.52 Å². The van der Waals surface area contributed by atoms with Gasteiger partial charge < -0.3 is 9.09 Å². The Morgan fingerprint density at radius 3 is 3.04 bits per heavy atom. The molecular weight excluding hydrogens is 318 g/mol. The molecule has 0 radical (unpaired) electrons. The van der Waals surface area contributed by atoms with Gasteiger partial charge in [0, 0.05) is 42.2 Å². The van der Waals surface area contributed by atoms with Crippen LogP contribution in [0.2, 0.25) is 0 Å². The molecule has 0 fully saturated rings. The molecular formula is C17H17N7O. The predicted molar refractivity (Wildman–Crippen MR) is 89.0 cm³/mol. The molecule has 0 N–H and O–H groups in total. The van der Waals surface area contributed by atoms with Gasteiger partial charge in [0.05, 0.1) is 18.1 Å². The second-order valence-electron chi connectivity index (χ2n) is 6.56. The van der Waals surface area contributed by atoms with Crippen LogP contribution in [-0.4, -0.2) is 34.3 Å². The van der Waals surface area contributed by atoms with Crippen molar-refractivity contribution in [3.8, 4) is 11.4 Å². The molecule has 5 heterocycles. The molecule has 4 aromatic rings.